The molecule has 1 heterocycles. The van der Waals surface area contributed by atoms with E-state index in [0.29, 0.717) is 6.54 Å². The number of rotatable bonds is 9. The van der Waals surface area contributed by atoms with Crippen molar-refractivity contribution in [3.8, 4) is 0 Å². The van der Waals surface area contributed by atoms with Crippen LogP contribution in [0.5, 0.6) is 0 Å². The summed E-state index contributed by atoms with van der Waals surface area (Å²) in [5.41, 5.74) is 1.32. The van der Waals surface area contributed by atoms with Crippen LogP contribution in [0.25, 0.3) is 0 Å². The molecular formula is C24H39BrClN3O2S. The van der Waals surface area contributed by atoms with Gasteiger partial charge in [0.15, 0.2) is 0 Å². The van der Waals surface area contributed by atoms with E-state index in [1.807, 2.05) is 13.0 Å². The van der Waals surface area contributed by atoms with E-state index in [1.54, 1.807) is 18.4 Å². The van der Waals surface area contributed by atoms with Crippen molar-refractivity contribution in [2.24, 2.45) is 11.8 Å². The summed E-state index contributed by atoms with van der Waals surface area (Å²) in [4.78, 5) is 2.63. The second kappa shape index (κ2) is 12.0. The molecule has 5 nitrogen and oxygen atoms in total. The molecule has 1 aliphatic carbocycles. The Hall–Kier alpha value is -0.180. The van der Waals surface area contributed by atoms with Crippen molar-refractivity contribution in [1.82, 2.24) is 13.5 Å². The number of benzene rings is 1. The third kappa shape index (κ3) is 6.92. The number of nitrogens with zero attached hydrogens (tertiary/aromatic N) is 3. The first-order valence-electron chi connectivity index (χ1n) is 12.1. The Morgan fingerprint density at radius 1 is 1.06 bits per heavy atom. The standard InChI is InChI=1S/C24H39BrClN3O2S/c1-4-29(32(30,31)27(2)3)23-8-5-19(6-9-23)11-14-28-15-12-20(13-16-28)17-21-18-22(26)7-10-24(21)25/h7,10,18-20,23H,4-6,8-9,11-17H2,1-3H3. The van der Waals surface area contributed by atoms with Crippen LogP contribution in [0.15, 0.2) is 22.7 Å². The minimum atomic E-state index is -3.32. The van der Waals surface area contributed by atoms with Gasteiger partial charge in [-0.25, -0.2) is 0 Å². The fraction of sp³-hybridized carbons (Fsp3) is 0.750. The van der Waals surface area contributed by atoms with Gasteiger partial charge in [0, 0.05) is 36.2 Å². The van der Waals surface area contributed by atoms with Gasteiger partial charge in [-0.3, -0.25) is 0 Å². The average Bonchev–Trinajstić information content (AvgIpc) is 2.77. The molecule has 2 fully saturated rings. The number of hydrogen-bond acceptors (Lipinski definition) is 3. The lowest BCUT2D eigenvalue weighted by Crippen LogP contribution is -2.47. The van der Waals surface area contributed by atoms with Crippen LogP contribution in [0, 0.1) is 11.8 Å². The van der Waals surface area contributed by atoms with E-state index < -0.39 is 10.2 Å². The van der Waals surface area contributed by atoms with Crippen molar-refractivity contribution in [1.29, 1.82) is 0 Å². The van der Waals surface area contributed by atoms with Crippen LogP contribution in [-0.4, -0.2) is 68.2 Å². The maximum atomic E-state index is 12.6. The summed E-state index contributed by atoms with van der Waals surface area (Å²) in [5.74, 6) is 1.46. The van der Waals surface area contributed by atoms with Crippen LogP contribution in [0.1, 0.15) is 57.4 Å². The van der Waals surface area contributed by atoms with E-state index >= 15 is 0 Å². The third-order valence-electron chi connectivity index (χ3n) is 7.37. The van der Waals surface area contributed by atoms with Gasteiger partial charge in [-0.15, -0.1) is 0 Å². The molecule has 0 unspecified atom stereocenters. The van der Waals surface area contributed by atoms with Crippen molar-refractivity contribution < 1.29 is 8.42 Å². The van der Waals surface area contributed by atoms with Gasteiger partial charge in [0.05, 0.1) is 0 Å². The van der Waals surface area contributed by atoms with Gasteiger partial charge in [0.25, 0.3) is 10.2 Å². The molecular weight excluding hydrogens is 510 g/mol. The van der Waals surface area contributed by atoms with Crippen molar-refractivity contribution >= 4 is 37.7 Å². The van der Waals surface area contributed by atoms with Gasteiger partial charge >= 0.3 is 0 Å². The van der Waals surface area contributed by atoms with E-state index in [1.165, 1.54) is 53.2 Å². The first-order valence-corrected chi connectivity index (χ1v) is 14.6. The summed E-state index contributed by atoms with van der Waals surface area (Å²) < 4.78 is 29.4. The zero-order valence-electron chi connectivity index (χ0n) is 19.8. The molecule has 0 atom stereocenters. The fourth-order valence-corrected chi connectivity index (χ4v) is 7.27. The highest BCUT2D eigenvalue weighted by molar-refractivity contribution is 9.10. The molecule has 0 aromatic heterocycles. The van der Waals surface area contributed by atoms with Gasteiger partial charge in [-0.2, -0.15) is 17.0 Å². The summed E-state index contributed by atoms with van der Waals surface area (Å²) in [6, 6.07) is 6.24. The summed E-state index contributed by atoms with van der Waals surface area (Å²) >= 11 is 9.85. The molecule has 1 aliphatic heterocycles. The SMILES string of the molecule is CCN(C1CCC(CCN2CCC(Cc3cc(Cl)ccc3Br)CC2)CC1)S(=O)(=O)N(C)C. The van der Waals surface area contributed by atoms with Crippen LogP contribution in [0.2, 0.25) is 5.02 Å². The quantitative estimate of drug-likeness (QED) is 0.413. The highest BCUT2D eigenvalue weighted by atomic mass is 79.9. The highest BCUT2D eigenvalue weighted by Gasteiger charge is 2.33. The maximum absolute atomic E-state index is 12.6. The van der Waals surface area contributed by atoms with Crippen molar-refractivity contribution in [2.75, 3.05) is 40.3 Å². The highest BCUT2D eigenvalue weighted by Crippen LogP contribution is 2.32. The minimum absolute atomic E-state index is 0.158. The predicted molar refractivity (Wildman–Crippen MR) is 137 cm³/mol. The Morgan fingerprint density at radius 3 is 2.31 bits per heavy atom. The zero-order valence-corrected chi connectivity index (χ0v) is 22.9. The molecule has 2 aliphatic rings. The van der Waals surface area contributed by atoms with Crippen molar-refractivity contribution in [2.45, 2.75) is 64.3 Å². The van der Waals surface area contributed by atoms with E-state index in [4.69, 9.17) is 11.6 Å². The second-order valence-electron chi connectivity index (χ2n) is 9.68. The first-order chi connectivity index (χ1) is 15.2. The fourth-order valence-electron chi connectivity index (χ4n) is 5.33. The van der Waals surface area contributed by atoms with Crippen LogP contribution in [0.4, 0.5) is 0 Å². The van der Waals surface area contributed by atoms with Gasteiger partial charge < -0.3 is 4.90 Å². The molecule has 1 aromatic rings. The zero-order chi connectivity index (χ0) is 23.3. The molecule has 0 amide bonds. The van der Waals surface area contributed by atoms with E-state index in [9.17, 15) is 8.42 Å². The second-order valence-corrected chi connectivity index (χ2v) is 13.1. The van der Waals surface area contributed by atoms with E-state index in [0.717, 1.165) is 49.0 Å². The molecule has 32 heavy (non-hydrogen) atoms. The lowest BCUT2D eigenvalue weighted by molar-refractivity contribution is 0.155. The van der Waals surface area contributed by atoms with Crippen molar-refractivity contribution in [3.63, 3.8) is 0 Å². The molecule has 8 heteroatoms. The van der Waals surface area contributed by atoms with E-state index in [2.05, 4.69) is 33.0 Å². The Morgan fingerprint density at radius 2 is 1.72 bits per heavy atom. The predicted octanol–water partition coefficient (Wildman–Crippen LogP) is 5.43. The van der Waals surface area contributed by atoms with Gasteiger partial charge in [0.1, 0.15) is 0 Å². The average molecular weight is 549 g/mol. The number of likely N-dealkylation sites (tertiary alicyclic amines) is 1. The Kier molecular flexibility index (Phi) is 9.90. The number of piperidine rings is 1. The number of halogens is 2. The molecule has 3 rings (SSSR count). The largest absolute Gasteiger partial charge is 0.303 e. The molecule has 1 saturated heterocycles. The summed E-state index contributed by atoms with van der Waals surface area (Å²) in [7, 11) is -0.0693. The minimum Gasteiger partial charge on any atom is -0.303 e. The lowest BCUT2D eigenvalue weighted by Gasteiger charge is -2.38. The van der Waals surface area contributed by atoms with Crippen LogP contribution < -0.4 is 0 Å². The molecule has 182 valence electrons. The van der Waals surface area contributed by atoms with Gasteiger partial charge in [-0.1, -0.05) is 34.5 Å². The Bertz CT molecular complexity index is 836. The Labute approximate surface area is 208 Å². The Balaban J connectivity index is 1.38. The molecule has 0 spiro atoms. The molecule has 1 aromatic carbocycles. The lowest BCUT2D eigenvalue weighted by atomic mass is 9.83. The van der Waals surface area contributed by atoms with Crippen LogP contribution in [0.3, 0.4) is 0 Å². The van der Waals surface area contributed by atoms with Crippen LogP contribution in [-0.2, 0) is 16.6 Å². The van der Waals surface area contributed by atoms with Crippen LogP contribution >= 0.6 is 27.5 Å². The summed E-state index contributed by atoms with van der Waals surface area (Å²) in [5, 5.41) is 0.816. The number of hydrogen-bond donors (Lipinski definition) is 0. The maximum Gasteiger partial charge on any atom is 0.281 e. The smallest absolute Gasteiger partial charge is 0.281 e. The molecule has 0 bridgehead atoms. The third-order valence-corrected chi connectivity index (χ3v) is 10.5. The van der Waals surface area contributed by atoms with Crippen molar-refractivity contribution in [3.05, 3.63) is 33.3 Å². The molecule has 0 N–H and O–H groups in total. The van der Waals surface area contributed by atoms with Gasteiger partial charge in [0.2, 0.25) is 0 Å². The summed E-state index contributed by atoms with van der Waals surface area (Å²) in [6.07, 6.45) is 9.10. The monoisotopic (exact) mass is 547 g/mol. The van der Waals surface area contributed by atoms with Gasteiger partial charge in [-0.05, 0) is 107 Å². The summed E-state index contributed by atoms with van der Waals surface area (Å²) in [6.45, 7) is 6.04. The van der Waals surface area contributed by atoms with E-state index in [-0.39, 0.29) is 6.04 Å². The topological polar surface area (TPSA) is 43.9 Å². The molecule has 1 saturated carbocycles. The molecule has 0 radical (unpaired) electrons. The normalized spacial score (nSPS) is 23.8. The first kappa shape index (κ1) is 26.4.